The van der Waals surface area contributed by atoms with Crippen molar-refractivity contribution in [3.05, 3.63) is 78.4 Å². The highest BCUT2D eigenvalue weighted by Crippen LogP contribution is 2.35. The van der Waals surface area contributed by atoms with E-state index in [4.69, 9.17) is 10.9 Å². The van der Waals surface area contributed by atoms with Gasteiger partial charge in [0, 0.05) is 28.8 Å². The molecule has 3 aromatic carbocycles. The highest BCUT2D eigenvalue weighted by Gasteiger charge is 2.41. The van der Waals surface area contributed by atoms with Crippen molar-refractivity contribution in [1.29, 1.82) is 0 Å². The Morgan fingerprint density at radius 2 is 1.66 bits per heavy atom. The first-order valence-electron chi connectivity index (χ1n) is 11.3. The van der Waals surface area contributed by atoms with Crippen molar-refractivity contribution >= 4 is 33.0 Å². The normalized spacial score (nSPS) is 15.5. The molecule has 0 aromatic heterocycles. The quantitative estimate of drug-likeness (QED) is 0.169. The number of amidine groups is 1. The lowest BCUT2D eigenvalue weighted by Crippen LogP contribution is -2.47. The van der Waals surface area contributed by atoms with E-state index in [1.807, 2.05) is 6.07 Å². The van der Waals surface area contributed by atoms with Crippen LogP contribution in [-0.2, 0) is 14.6 Å². The van der Waals surface area contributed by atoms with Gasteiger partial charge in [-0.05, 0) is 48.7 Å². The van der Waals surface area contributed by atoms with Crippen LogP contribution in [-0.4, -0.2) is 37.2 Å². The maximum absolute atomic E-state index is 13.4. The van der Waals surface area contributed by atoms with E-state index in [1.54, 1.807) is 66.7 Å². The standard InChI is InChI=1S/C26H28N4O4S/c1-35(33,34)23-10-3-2-9-22(23)18-11-13-20(14-12-18)28-25(31)26(15-4-5-16-26)29-21-8-6-7-19(17-21)24(27)30-32/h2-3,6-14,17,29,32H,4-5,15-16H2,1H3,(H2,27,30)(H,28,31). The molecular weight excluding hydrogens is 464 g/mol. The van der Waals surface area contributed by atoms with Crippen LogP contribution in [0.25, 0.3) is 11.1 Å². The predicted octanol–water partition coefficient (Wildman–Crippen LogP) is 4.22. The van der Waals surface area contributed by atoms with Gasteiger partial charge in [0.1, 0.15) is 5.54 Å². The SMILES string of the molecule is CS(=O)(=O)c1ccccc1-c1ccc(NC(=O)C2(Nc3cccc(/C(N)=N/O)c3)CCCC2)cc1. The molecule has 0 unspecified atom stereocenters. The summed E-state index contributed by atoms with van der Waals surface area (Å²) in [5.74, 6) is -0.149. The number of carbonyl (C=O) groups excluding carboxylic acids is 1. The number of hydrogen-bond donors (Lipinski definition) is 4. The zero-order valence-corrected chi connectivity index (χ0v) is 20.2. The number of nitrogens with two attached hydrogens (primary N) is 1. The minimum atomic E-state index is -3.38. The monoisotopic (exact) mass is 492 g/mol. The zero-order valence-electron chi connectivity index (χ0n) is 19.4. The lowest BCUT2D eigenvalue weighted by molar-refractivity contribution is -0.120. The first kappa shape index (κ1) is 24.3. The van der Waals surface area contributed by atoms with Crippen LogP contribution in [0.3, 0.4) is 0 Å². The first-order chi connectivity index (χ1) is 16.7. The molecule has 0 radical (unpaired) electrons. The Balaban J connectivity index is 1.55. The minimum absolute atomic E-state index is 0.00360. The van der Waals surface area contributed by atoms with Crippen LogP contribution in [0.15, 0.2) is 82.8 Å². The van der Waals surface area contributed by atoms with E-state index < -0.39 is 15.4 Å². The fraction of sp³-hybridized carbons (Fsp3) is 0.231. The molecule has 0 aliphatic heterocycles. The summed E-state index contributed by atoms with van der Waals surface area (Å²) in [6, 6.07) is 21.1. The fourth-order valence-electron chi connectivity index (χ4n) is 4.49. The van der Waals surface area contributed by atoms with Crippen LogP contribution >= 0.6 is 0 Å². The number of benzene rings is 3. The summed E-state index contributed by atoms with van der Waals surface area (Å²) in [6.45, 7) is 0. The van der Waals surface area contributed by atoms with Crippen molar-refractivity contribution in [3.63, 3.8) is 0 Å². The lowest BCUT2D eigenvalue weighted by Gasteiger charge is -2.30. The summed E-state index contributed by atoms with van der Waals surface area (Å²) in [7, 11) is -3.38. The number of hydrogen-bond acceptors (Lipinski definition) is 6. The molecule has 8 nitrogen and oxygen atoms in total. The van der Waals surface area contributed by atoms with Crippen LogP contribution in [0, 0.1) is 0 Å². The van der Waals surface area contributed by atoms with Crippen molar-refractivity contribution in [1.82, 2.24) is 0 Å². The van der Waals surface area contributed by atoms with E-state index in [0.29, 0.717) is 35.3 Å². The average Bonchev–Trinajstić information content (AvgIpc) is 3.33. The highest BCUT2D eigenvalue weighted by molar-refractivity contribution is 7.90. The smallest absolute Gasteiger partial charge is 0.250 e. The molecular formula is C26H28N4O4S. The van der Waals surface area contributed by atoms with E-state index in [0.717, 1.165) is 18.4 Å². The number of amides is 1. The van der Waals surface area contributed by atoms with Crippen LogP contribution in [0.5, 0.6) is 0 Å². The van der Waals surface area contributed by atoms with Gasteiger partial charge in [-0.25, -0.2) is 8.42 Å². The molecule has 182 valence electrons. The van der Waals surface area contributed by atoms with Crippen molar-refractivity contribution in [2.45, 2.75) is 36.1 Å². The molecule has 1 saturated carbocycles. The van der Waals surface area contributed by atoms with Crippen LogP contribution in [0.2, 0.25) is 0 Å². The molecule has 0 bridgehead atoms. The van der Waals surface area contributed by atoms with Gasteiger partial charge < -0.3 is 21.6 Å². The summed E-state index contributed by atoms with van der Waals surface area (Å²) in [4.78, 5) is 13.7. The zero-order chi connectivity index (χ0) is 25.1. The Kier molecular flexibility index (Phi) is 6.79. The van der Waals surface area contributed by atoms with Gasteiger partial charge in [0.05, 0.1) is 4.90 Å². The molecule has 1 aliphatic carbocycles. The number of nitrogens with one attached hydrogen (secondary N) is 2. The maximum atomic E-state index is 13.4. The second-order valence-electron chi connectivity index (χ2n) is 8.78. The van der Waals surface area contributed by atoms with Gasteiger partial charge in [-0.3, -0.25) is 4.79 Å². The van der Waals surface area contributed by atoms with Gasteiger partial charge in [-0.1, -0.05) is 60.5 Å². The van der Waals surface area contributed by atoms with Gasteiger partial charge in [0.15, 0.2) is 15.7 Å². The Morgan fingerprint density at radius 1 is 0.971 bits per heavy atom. The van der Waals surface area contributed by atoms with Gasteiger partial charge in [0.2, 0.25) is 5.91 Å². The summed E-state index contributed by atoms with van der Waals surface area (Å²) in [6.07, 6.45) is 4.37. The number of carbonyl (C=O) groups is 1. The molecule has 0 saturated heterocycles. The first-order valence-corrected chi connectivity index (χ1v) is 13.2. The van der Waals surface area contributed by atoms with Gasteiger partial charge in [0.25, 0.3) is 0 Å². The largest absolute Gasteiger partial charge is 0.409 e. The summed E-state index contributed by atoms with van der Waals surface area (Å²) >= 11 is 0. The average molecular weight is 493 g/mol. The maximum Gasteiger partial charge on any atom is 0.250 e. The summed E-state index contributed by atoms with van der Waals surface area (Å²) < 4.78 is 24.3. The Bertz CT molecular complexity index is 1360. The molecule has 1 fully saturated rings. The number of rotatable bonds is 7. The Morgan fingerprint density at radius 3 is 2.31 bits per heavy atom. The molecule has 5 N–H and O–H groups in total. The van der Waals surface area contributed by atoms with E-state index in [2.05, 4.69) is 15.8 Å². The Labute approximate surface area is 204 Å². The molecule has 0 atom stereocenters. The summed E-state index contributed by atoms with van der Waals surface area (Å²) in [5, 5.41) is 18.4. The van der Waals surface area contributed by atoms with Crippen molar-refractivity contribution in [3.8, 4) is 11.1 Å². The molecule has 4 rings (SSSR count). The third kappa shape index (κ3) is 5.30. The second kappa shape index (κ2) is 9.79. The van der Waals surface area contributed by atoms with Crippen molar-refractivity contribution in [2.24, 2.45) is 10.9 Å². The fourth-order valence-corrected chi connectivity index (χ4v) is 5.40. The molecule has 0 heterocycles. The number of anilines is 2. The van der Waals surface area contributed by atoms with Crippen molar-refractivity contribution < 1.29 is 18.4 Å². The van der Waals surface area contributed by atoms with Gasteiger partial charge in [-0.2, -0.15) is 0 Å². The van der Waals surface area contributed by atoms with Crippen molar-refractivity contribution in [2.75, 3.05) is 16.9 Å². The van der Waals surface area contributed by atoms with Crippen LogP contribution in [0.4, 0.5) is 11.4 Å². The molecule has 1 aliphatic rings. The molecule has 3 aromatic rings. The van der Waals surface area contributed by atoms with Crippen LogP contribution in [0.1, 0.15) is 31.2 Å². The Hall–Kier alpha value is -3.85. The number of nitrogens with zero attached hydrogens (tertiary/aromatic N) is 1. The van der Waals surface area contributed by atoms with E-state index in [1.165, 1.54) is 6.26 Å². The van der Waals surface area contributed by atoms with E-state index in [9.17, 15) is 13.2 Å². The lowest BCUT2D eigenvalue weighted by atomic mass is 9.95. The molecule has 0 spiro atoms. The third-order valence-electron chi connectivity index (χ3n) is 6.28. The van der Waals surface area contributed by atoms with E-state index >= 15 is 0 Å². The number of sulfone groups is 1. The van der Waals surface area contributed by atoms with Gasteiger partial charge >= 0.3 is 0 Å². The van der Waals surface area contributed by atoms with Crippen LogP contribution < -0.4 is 16.4 Å². The summed E-state index contributed by atoms with van der Waals surface area (Å²) in [5.41, 5.74) is 8.17. The molecule has 35 heavy (non-hydrogen) atoms. The number of oxime groups is 1. The van der Waals surface area contributed by atoms with Gasteiger partial charge in [-0.15, -0.1) is 0 Å². The topological polar surface area (TPSA) is 134 Å². The third-order valence-corrected chi connectivity index (χ3v) is 7.44. The second-order valence-corrected chi connectivity index (χ2v) is 10.8. The highest BCUT2D eigenvalue weighted by atomic mass is 32.2. The minimum Gasteiger partial charge on any atom is -0.409 e. The van der Waals surface area contributed by atoms with E-state index in [-0.39, 0.29) is 16.6 Å². The molecule has 9 heteroatoms. The predicted molar refractivity (Wildman–Crippen MR) is 137 cm³/mol. The molecule has 1 amide bonds.